The molecule has 1 aromatic heterocycles. The van der Waals surface area contributed by atoms with Crippen LogP contribution in [0.15, 0.2) is 24.3 Å². The number of amides is 2. The molecule has 2 amide bonds. The van der Waals surface area contributed by atoms with Crippen molar-refractivity contribution in [3.63, 3.8) is 0 Å². The van der Waals surface area contributed by atoms with Gasteiger partial charge in [0.2, 0.25) is 11.8 Å². The Hall–Kier alpha value is -2.63. The molecule has 4 rings (SSSR count). The molecule has 0 unspecified atom stereocenters. The number of carbonyl (C=O) groups is 2. The number of carbonyl (C=O) groups excluding carboxylic acids is 2. The van der Waals surface area contributed by atoms with Gasteiger partial charge in [0.1, 0.15) is 11.6 Å². The lowest BCUT2D eigenvalue weighted by Crippen LogP contribution is -2.25. The van der Waals surface area contributed by atoms with E-state index in [9.17, 15) is 9.59 Å². The van der Waals surface area contributed by atoms with E-state index in [1.807, 2.05) is 24.3 Å². The standard InChI is InChI=1S/C18H20N4O2/c1-11(23)19-13-7-5-12(6-8-13)14-10-16(24)21-18-17(14)20-15-4-2-3-9-22(15)18/h5-8,14H,2-4,9-10H2,1H3,(H,19,23)(H,21,24)/t14-/m0/s1. The third-order valence-electron chi connectivity index (χ3n) is 4.72. The number of rotatable bonds is 2. The van der Waals surface area contributed by atoms with Crippen molar-refractivity contribution in [1.29, 1.82) is 0 Å². The molecule has 1 atom stereocenters. The average molecular weight is 324 g/mol. The van der Waals surface area contributed by atoms with Crippen LogP contribution in [0, 0.1) is 0 Å². The van der Waals surface area contributed by atoms with Crippen LogP contribution in [0.25, 0.3) is 0 Å². The highest BCUT2D eigenvalue weighted by Crippen LogP contribution is 2.38. The van der Waals surface area contributed by atoms with Gasteiger partial charge in [0.25, 0.3) is 0 Å². The molecule has 0 aliphatic carbocycles. The topological polar surface area (TPSA) is 76.0 Å². The molecule has 124 valence electrons. The summed E-state index contributed by atoms with van der Waals surface area (Å²) < 4.78 is 2.16. The van der Waals surface area contributed by atoms with Crippen LogP contribution in [-0.4, -0.2) is 21.4 Å². The van der Waals surface area contributed by atoms with Gasteiger partial charge in [-0.3, -0.25) is 9.59 Å². The second-order valence-electron chi connectivity index (χ2n) is 6.48. The summed E-state index contributed by atoms with van der Waals surface area (Å²) in [4.78, 5) is 28.2. The quantitative estimate of drug-likeness (QED) is 0.891. The fourth-order valence-corrected chi connectivity index (χ4v) is 3.62. The summed E-state index contributed by atoms with van der Waals surface area (Å²) >= 11 is 0. The Morgan fingerprint density at radius 2 is 2.08 bits per heavy atom. The highest BCUT2D eigenvalue weighted by Gasteiger charge is 2.33. The van der Waals surface area contributed by atoms with Gasteiger partial charge in [-0.15, -0.1) is 0 Å². The summed E-state index contributed by atoms with van der Waals surface area (Å²) in [5, 5.41) is 5.77. The number of fused-ring (bicyclic) bond motifs is 3. The lowest BCUT2D eigenvalue weighted by molar-refractivity contribution is -0.117. The molecule has 24 heavy (non-hydrogen) atoms. The van der Waals surface area contributed by atoms with Crippen molar-refractivity contribution in [3.05, 3.63) is 41.3 Å². The Bertz CT molecular complexity index is 807. The zero-order valence-electron chi connectivity index (χ0n) is 13.6. The Morgan fingerprint density at radius 1 is 1.29 bits per heavy atom. The predicted molar refractivity (Wildman–Crippen MR) is 91.0 cm³/mol. The van der Waals surface area contributed by atoms with Crippen LogP contribution in [0.1, 0.15) is 49.2 Å². The van der Waals surface area contributed by atoms with E-state index < -0.39 is 0 Å². The van der Waals surface area contributed by atoms with Crippen LogP contribution in [-0.2, 0) is 22.6 Å². The molecule has 0 fully saturated rings. The molecule has 2 N–H and O–H groups in total. The first-order valence-electron chi connectivity index (χ1n) is 8.38. The SMILES string of the molecule is CC(=O)Nc1ccc([C@@H]2CC(=O)Nc3c2nc2n3CCCC2)cc1. The van der Waals surface area contributed by atoms with Crippen LogP contribution < -0.4 is 10.6 Å². The van der Waals surface area contributed by atoms with Crippen molar-refractivity contribution in [2.24, 2.45) is 0 Å². The van der Waals surface area contributed by atoms with Gasteiger partial charge < -0.3 is 15.2 Å². The van der Waals surface area contributed by atoms with Crippen LogP contribution in [0.5, 0.6) is 0 Å². The summed E-state index contributed by atoms with van der Waals surface area (Å²) in [6.45, 7) is 2.41. The highest BCUT2D eigenvalue weighted by molar-refractivity contribution is 5.94. The van der Waals surface area contributed by atoms with Gasteiger partial charge in [-0.2, -0.15) is 0 Å². The normalized spacial score (nSPS) is 19.2. The maximum absolute atomic E-state index is 12.2. The minimum absolute atomic E-state index is 0.0294. The average Bonchev–Trinajstić information content (AvgIpc) is 2.93. The Morgan fingerprint density at radius 3 is 2.83 bits per heavy atom. The molecule has 2 aromatic rings. The summed E-state index contributed by atoms with van der Waals surface area (Å²) in [6, 6.07) is 7.69. The number of hydrogen-bond donors (Lipinski definition) is 2. The first-order valence-corrected chi connectivity index (χ1v) is 8.38. The number of nitrogens with zero attached hydrogens (tertiary/aromatic N) is 2. The summed E-state index contributed by atoms with van der Waals surface area (Å²) in [6.07, 6.45) is 3.65. The van der Waals surface area contributed by atoms with E-state index in [4.69, 9.17) is 4.98 Å². The lowest BCUT2D eigenvalue weighted by Gasteiger charge is -2.24. The number of benzene rings is 1. The summed E-state index contributed by atoms with van der Waals surface area (Å²) in [5.74, 6) is 1.86. The first-order chi connectivity index (χ1) is 11.6. The van der Waals surface area contributed by atoms with Gasteiger partial charge in [-0.25, -0.2) is 4.98 Å². The smallest absolute Gasteiger partial charge is 0.226 e. The summed E-state index contributed by atoms with van der Waals surface area (Å²) in [7, 11) is 0. The number of aromatic nitrogens is 2. The molecule has 3 heterocycles. The molecule has 2 aliphatic heterocycles. The lowest BCUT2D eigenvalue weighted by atomic mass is 9.89. The van der Waals surface area contributed by atoms with Gasteiger partial charge in [-0.1, -0.05) is 12.1 Å². The van der Waals surface area contributed by atoms with Crippen molar-refractivity contribution in [1.82, 2.24) is 9.55 Å². The third kappa shape index (κ3) is 2.58. The van der Waals surface area contributed by atoms with E-state index in [1.54, 1.807) is 0 Å². The minimum Gasteiger partial charge on any atom is -0.326 e. The Balaban J connectivity index is 1.70. The maximum atomic E-state index is 12.2. The van der Waals surface area contributed by atoms with E-state index in [1.165, 1.54) is 6.92 Å². The number of aryl methyl sites for hydroxylation is 1. The number of anilines is 2. The molecule has 0 spiro atoms. The van der Waals surface area contributed by atoms with Crippen LogP contribution in [0.2, 0.25) is 0 Å². The molecular formula is C18H20N4O2. The van der Waals surface area contributed by atoms with E-state index in [-0.39, 0.29) is 17.7 Å². The van der Waals surface area contributed by atoms with Crippen molar-refractivity contribution in [3.8, 4) is 0 Å². The van der Waals surface area contributed by atoms with Gasteiger partial charge in [-0.05, 0) is 30.5 Å². The largest absolute Gasteiger partial charge is 0.326 e. The summed E-state index contributed by atoms with van der Waals surface area (Å²) in [5.41, 5.74) is 2.78. The van der Waals surface area contributed by atoms with Crippen molar-refractivity contribution < 1.29 is 9.59 Å². The molecule has 0 saturated carbocycles. The molecule has 6 heteroatoms. The van der Waals surface area contributed by atoms with Crippen molar-refractivity contribution in [2.45, 2.75) is 45.1 Å². The highest BCUT2D eigenvalue weighted by atomic mass is 16.2. The molecule has 0 bridgehead atoms. The van der Waals surface area contributed by atoms with E-state index in [2.05, 4.69) is 15.2 Å². The third-order valence-corrected chi connectivity index (χ3v) is 4.72. The molecule has 0 saturated heterocycles. The Kier molecular flexibility index (Phi) is 3.59. The Labute approximate surface area is 140 Å². The van der Waals surface area contributed by atoms with Crippen molar-refractivity contribution in [2.75, 3.05) is 10.6 Å². The molecule has 2 aliphatic rings. The van der Waals surface area contributed by atoms with E-state index >= 15 is 0 Å². The fraction of sp³-hybridized carbons (Fsp3) is 0.389. The van der Waals surface area contributed by atoms with Crippen molar-refractivity contribution >= 4 is 23.3 Å². The predicted octanol–water partition coefficient (Wildman–Crippen LogP) is 2.65. The van der Waals surface area contributed by atoms with E-state index in [0.29, 0.717) is 6.42 Å². The molecule has 6 nitrogen and oxygen atoms in total. The number of nitrogens with one attached hydrogen (secondary N) is 2. The second-order valence-corrected chi connectivity index (χ2v) is 6.48. The second kappa shape index (κ2) is 5.78. The van der Waals surface area contributed by atoms with Gasteiger partial charge in [0, 0.05) is 37.9 Å². The monoisotopic (exact) mass is 324 g/mol. The first kappa shape index (κ1) is 14.9. The molecule has 0 radical (unpaired) electrons. The fourth-order valence-electron chi connectivity index (χ4n) is 3.62. The van der Waals surface area contributed by atoms with Crippen LogP contribution >= 0.6 is 0 Å². The minimum atomic E-state index is -0.0937. The van der Waals surface area contributed by atoms with Gasteiger partial charge in [0.05, 0.1) is 5.69 Å². The maximum Gasteiger partial charge on any atom is 0.226 e. The van der Waals surface area contributed by atoms with Crippen LogP contribution in [0.3, 0.4) is 0 Å². The van der Waals surface area contributed by atoms with Gasteiger partial charge in [0.15, 0.2) is 0 Å². The van der Waals surface area contributed by atoms with Gasteiger partial charge >= 0.3 is 0 Å². The zero-order chi connectivity index (χ0) is 16.7. The van der Waals surface area contributed by atoms with Crippen LogP contribution in [0.4, 0.5) is 11.5 Å². The number of hydrogen-bond acceptors (Lipinski definition) is 3. The van der Waals surface area contributed by atoms with E-state index in [0.717, 1.165) is 54.4 Å². The molecule has 1 aromatic carbocycles. The molecular weight excluding hydrogens is 304 g/mol. The number of imidazole rings is 1. The zero-order valence-corrected chi connectivity index (χ0v) is 13.6.